The molecule has 3 aromatic rings. The molecular weight excluding hydrogens is 342 g/mol. The molecule has 2 N–H and O–H groups in total. The van der Waals surface area contributed by atoms with Crippen LogP contribution in [0.2, 0.25) is 0 Å². The number of rotatable bonds is 3. The van der Waals surface area contributed by atoms with Gasteiger partial charge in [0.15, 0.2) is 0 Å². The number of aromatic nitrogens is 1. The number of amides is 2. The van der Waals surface area contributed by atoms with Gasteiger partial charge in [0.2, 0.25) is 0 Å². The summed E-state index contributed by atoms with van der Waals surface area (Å²) < 4.78 is 4.92. The van der Waals surface area contributed by atoms with Crippen molar-refractivity contribution in [2.45, 2.75) is 0 Å². The Hall–Kier alpha value is -3.72. The lowest BCUT2D eigenvalue weighted by atomic mass is 10.1. The third kappa shape index (κ3) is 3.62. The zero-order valence-corrected chi connectivity index (χ0v) is 14.5. The fraction of sp³-hybridized carbons (Fsp3) is 0.143. The molecule has 6 heteroatoms. The summed E-state index contributed by atoms with van der Waals surface area (Å²) in [4.78, 5) is 28.4. The van der Waals surface area contributed by atoms with Crippen LogP contribution >= 0.6 is 0 Å². The van der Waals surface area contributed by atoms with Crippen LogP contribution in [-0.2, 0) is 4.74 Å². The van der Waals surface area contributed by atoms with Gasteiger partial charge in [-0.15, -0.1) is 0 Å². The first-order valence-corrected chi connectivity index (χ1v) is 8.59. The minimum Gasteiger partial charge on any atom is -0.447 e. The highest BCUT2D eigenvalue weighted by atomic mass is 16.6. The van der Waals surface area contributed by atoms with Gasteiger partial charge in [-0.05, 0) is 48.5 Å². The molecule has 0 saturated carbocycles. The Labute approximate surface area is 156 Å². The first-order chi connectivity index (χ1) is 13.2. The van der Waals surface area contributed by atoms with E-state index in [2.05, 4.69) is 22.1 Å². The molecule has 1 fully saturated rings. The van der Waals surface area contributed by atoms with Crippen molar-refractivity contribution >= 4 is 28.6 Å². The number of cyclic esters (lactones) is 1. The van der Waals surface area contributed by atoms with Gasteiger partial charge < -0.3 is 15.0 Å². The van der Waals surface area contributed by atoms with Crippen LogP contribution < -0.4 is 10.2 Å². The number of nitrogens with zero attached hydrogens (tertiary/aromatic N) is 1. The lowest BCUT2D eigenvalue weighted by molar-refractivity contribution is 0.0958. The minimum absolute atomic E-state index is 0.157. The molecule has 1 aromatic heterocycles. The van der Waals surface area contributed by atoms with Gasteiger partial charge in [-0.1, -0.05) is 11.8 Å². The molecule has 1 aliphatic heterocycles. The third-order valence-electron chi connectivity index (χ3n) is 4.33. The standard InChI is InChI=1S/C21H17N3O3/c25-20(17-5-8-19-16(14-17)9-11-22-19)23-10-1-2-15-3-6-18(7-4-15)24-12-13-27-21(24)26/h3-9,11,14,22H,10,12-13H2,(H,23,25). The van der Waals surface area contributed by atoms with Crippen LogP contribution in [0.1, 0.15) is 15.9 Å². The second-order valence-electron chi connectivity index (χ2n) is 6.08. The van der Waals surface area contributed by atoms with E-state index in [-0.39, 0.29) is 18.5 Å². The Bertz CT molecular complexity index is 1060. The predicted octanol–water partition coefficient (Wildman–Crippen LogP) is 2.91. The Morgan fingerprint density at radius 1 is 1.19 bits per heavy atom. The highest BCUT2D eigenvalue weighted by Crippen LogP contribution is 2.18. The number of ether oxygens (including phenoxy) is 1. The largest absolute Gasteiger partial charge is 0.447 e. The van der Waals surface area contributed by atoms with Crippen LogP contribution in [0.5, 0.6) is 0 Å². The van der Waals surface area contributed by atoms with E-state index >= 15 is 0 Å². The summed E-state index contributed by atoms with van der Waals surface area (Å²) in [5.41, 5.74) is 3.20. The van der Waals surface area contributed by atoms with Crippen LogP contribution in [0.15, 0.2) is 54.7 Å². The lowest BCUT2D eigenvalue weighted by Crippen LogP contribution is -2.23. The van der Waals surface area contributed by atoms with E-state index in [0.29, 0.717) is 18.7 Å². The molecule has 4 rings (SSSR count). The normalized spacial score (nSPS) is 13.2. The van der Waals surface area contributed by atoms with Crippen LogP contribution in [-0.4, -0.2) is 36.7 Å². The molecule has 2 amide bonds. The Morgan fingerprint density at radius 2 is 2.04 bits per heavy atom. The van der Waals surface area contributed by atoms with E-state index in [1.54, 1.807) is 11.0 Å². The molecule has 6 nitrogen and oxygen atoms in total. The number of anilines is 1. The average Bonchev–Trinajstić information content (AvgIpc) is 3.33. The van der Waals surface area contributed by atoms with E-state index < -0.39 is 0 Å². The van der Waals surface area contributed by atoms with Gasteiger partial charge in [0.25, 0.3) is 5.91 Å². The van der Waals surface area contributed by atoms with Crippen LogP contribution in [0, 0.1) is 11.8 Å². The number of carbonyl (C=O) groups is 2. The van der Waals surface area contributed by atoms with Gasteiger partial charge in [-0.3, -0.25) is 9.69 Å². The summed E-state index contributed by atoms with van der Waals surface area (Å²) in [6, 6.07) is 14.8. The van der Waals surface area contributed by atoms with Crippen molar-refractivity contribution < 1.29 is 14.3 Å². The highest BCUT2D eigenvalue weighted by molar-refractivity contribution is 5.98. The maximum absolute atomic E-state index is 12.2. The number of carbonyl (C=O) groups excluding carboxylic acids is 2. The molecule has 134 valence electrons. The fourth-order valence-corrected chi connectivity index (χ4v) is 2.92. The molecule has 0 spiro atoms. The Kier molecular flexibility index (Phi) is 4.50. The zero-order chi connectivity index (χ0) is 18.6. The van der Waals surface area contributed by atoms with Crippen molar-refractivity contribution in [3.05, 3.63) is 65.9 Å². The van der Waals surface area contributed by atoms with E-state index in [4.69, 9.17) is 4.74 Å². The van der Waals surface area contributed by atoms with Crippen molar-refractivity contribution in [2.75, 3.05) is 24.6 Å². The number of hydrogen-bond donors (Lipinski definition) is 2. The van der Waals surface area contributed by atoms with Crippen LogP contribution in [0.3, 0.4) is 0 Å². The number of benzene rings is 2. The molecule has 1 aliphatic rings. The molecule has 0 bridgehead atoms. The summed E-state index contributed by atoms with van der Waals surface area (Å²) in [6.07, 6.45) is 1.52. The zero-order valence-electron chi connectivity index (χ0n) is 14.5. The summed E-state index contributed by atoms with van der Waals surface area (Å²) >= 11 is 0. The molecule has 27 heavy (non-hydrogen) atoms. The summed E-state index contributed by atoms with van der Waals surface area (Å²) in [7, 11) is 0. The number of fused-ring (bicyclic) bond motifs is 1. The smallest absolute Gasteiger partial charge is 0.414 e. The van der Waals surface area contributed by atoms with Gasteiger partial charge in [0.05, 0.1) is 13.1 Å². The van der Waals surface area contributed by atoms with Crippen LogP contribution in [0.4, 0.5) is 10.5 Å². The molecular formula is C21H17N3O3. The predicted molar refractivity (Wildman–Crippen MR) is 103 cm³/mol. The SMILES string of the molecule is O=C(NCC#Cc1ccc(N2CCOC2=O)cc1)c1ccc2[nH]ccc2c1. The topological polar surface area (TPSA) is 74.4 Å². The van der Waals surface area contributed by atoms with Gasteiger partial charge in [-0.2, -0.15) is 0 Å². The first kappa shape index (κ1) is 16.7. The quantitative estimate of drug-likeness (QED) is 0.706. The molecule has 2 aromatic carbocycles. The summed E-state index contributed by atoms with van der Waals surface area (Å²) in [6.45, 7) is 1.23. The fourth-order valence-electron chi connectivity index (χ4n) is 2.92. The number of nitrogens with one attached hydrogen (secondary N) is 2. The monoisotopic (exact) mass is 359 g/mol. The number of H-pyrrole nitrogens is 1. The molecule has 0 radical (unpaired) electrons. The van der Waals surface area contributed by atoms with Crippen LogP contribution in [0.25, 0.3) is 10.9 Å². The molecule has 1 saturated heterocycles. The first-order valence-electron chi connectivity index (χ1n) is 8.59. The lowest BCUT2D eigenvalue weighted by Gasteiger charge is -2.11. The van der Waals surface area contributed by atoms with E-state index in [9.17, 15) is 9.59 Å². The number of hydrogen-bond acceptors (Lipinski definition) is 3. The average molecular weight is 359 g/mol. The van der Waals surface area contributed by atoms with Crippen molar-refractivity contribution in [1.82, 2.24) is 10.3 Å². The Balaban J connectivity index is 1.34. The van der Waals surface area contributed by atoms with E-state index in [1.165, 1.54) is 0 Å². The van der Waals surface area contributed by atoms with Crippen molar-refractivity contribution in [3.8, 4) is 11.8 Å². The summed E-state index contributed by atoms with van der Waals surface area (Å²) in [5.74, 6) is 5.78. The minimum atomic E-state index is -0.325. The van der Waals surface area contributed by atoms with E-state index in [0.717, 1.165) is 22.2 Å². The molecule has 2 heterocycles. The maximum Gasteiger partial charge on any atom is 0.414 e. The molecule has 0 unspecified atom stereocenters. The Morgan fingerprint density at radius 3 is 2.81 bits per heavy atom. The van der Waals surface area contributed by atoms with E-state index in [1.807, 2.05) is 48.7 Å². The highest BCUT2D eigenvalue weighted by Gasteiger charge is 2.23. The molecule has 0 aliphatic carbocycles. The van der Waals surface area contributed by atoms with Gasteiger partial charge >= 0.3 is 6.09 Å². The summed E-state index contributed by atoms with van der Waals surface area (Å²) in [5, 5.41) is 3.79. The van der Waals surface area contributed by atoms with Crippen molar-refractivity contribution in [2.24, 2.45) is 0 Å². The second kappa shape index (κ2) is 7.26. The van der Waals surface area contributed by atoms with Crippen molar-refractivity contribution in [3.63, 3.8) is 0 Å². The number of aromatic amines is 1. The van der Waals surface area contributed by atoms with Gasteiger partial charge in [0, 0.05) is 33.9 Å². The maximum atomic E-state index is 12.2. The van der Waals surface area contributed by atoms with Crippen molar-refractivity contribution in [1.29, 1.82) is 0 Å². The molecule has 0 atom stereocenters. The van der Waals surface area contributed by atoms with Gasteiger partial charge in [-0.25, -0.2) is 4.79 Å². The van der Waals surface area contributed by atoms with Gasteiger partial charge in [0.1, 0.15) is 6.61 Å². The third-order valence-corrected chi connectivity index (χ3v) is 4.33. The second-order valence-corrected chi connectivity index (χ2v) is 6.08.